The van der Waals surface area contributed by atoms with Crippen LogP contribution < -0.4 is 20.5 Å². The summed E-state index contributed by atoms with van der Waals surface area (Å²) in [7, 11) is 0. The maximum absolute atomic E-state index is 6.11. The van der Waals surface area contributed by atoms with Gasteiger partial charge in [0.1, 0.15) is 0 Å². The highest BCUT2D eigenvalue weighted by atomic mass is 127. The SMILES string of the molecule is CC1(CN=C(N)Nc2ccc3c(c2)OCCCO3)CCOC1C1CC1.I. The van der Waals surface area contributed by atoms with Crippen LogP contribution in [-0.4, -0.2) is 38.4 Å². The summed E-state index contributed by atoms with van der Waals surface area (Å²) in [5, 5.41) is 3.16. The lowest BCUT2D eigenvalue weighted by Gasteiger charge is -2.28. The van der Waals surface area contributed by atoms with Crippen LogP contribution in [0, 0.1) is 11.3 Å². The van der Waals surface area contributed by atoms with Gasteiger partial charge < -0.3 is 25.3 Å². The Kier molecular flexibility index (Phi) is 6.17. The van der Waals surface area contributed by atoms with E-state index in [9.17, 15) is 0 Å². The molecule has 4 rings (SSSR count). The molecule has 1 saturated heterocycles. The molecule has 6 nitrogen and oxygen atoms in total. The predicted octanol–water partition coefficient (Wildman–Crippen LogP) is 3.40. The zero-order valence-electron chi connectivity index (χ0n) is 15.2. The van der Waals surface area contributed by atoms with Crippen LogP contribution in [0.3, 0.4) is 0 Å². The van der Waals surface area contributed by atoms with E-state index in [4.69, 9.17) is 19.9 Å². The summed E-state index contributed by atoms with van der Waals surface area (Å²) in [6.45, 7) is 5.15. The summed E-state index contributed by atoms with van der Waals surface area (Å²) in [5.74, 6) is 2.68. The Morgan fingerprint density at radius 2 is 2.00 bits per heavy atom. The first kappa shape index (κ1) is 19.5. The molecule has 1 saturated carbocycles. The van der Waals surface area contributed by atoms with Crippen LogP contribution in [0.1, 0.15) is 32.6 Å². The molecule has 2 atom stereocenters. The number of aliphatic imine (C=N–C) groups is 1. The lowest BCUT2D eigenvalue weighted by Crippen LogP contribution is -2.34. The summed E-state index contributed by atoms with van der Waals surface area (Å²) in [6, 6.07) is 5.76. The molecule has 1 aliphatic carbocycles. The average Bonchev–Trinajstić information content (AvgIpc) is 3.39. The number of guanidine groups is 1. The molecule has 3 aliphatic rings. The van der Waals surface area contributed by atoms with Crippen LogP contribution in [0.5, 0.6) is 11.5 Å². The van der Waals surface area contributed by atoms with Crippen LogP contribution in [0.2, 0.25) is 0 Å². The molecule has 0 amide bonds. The van der Waals surface area contributed by atoms with Crippen molar-refractivity contribution in [3.8, 4) is 11.5 Å². The number of benzene rings is 1. The standard InChI is InChI=1S/C19H27N3O3.HI/c1-19(7-10-25-17(19)13-3-4-13)12-21-18(20)22-14-5-6-15-16(11-14)24-9-2-8-23-15;/h5-6,11,13,17H,2-4,7-10,12H2,1H3,(H3,20,21,22);1H. The maximum atomic E-state index is 6.11. The molecule has 0 radical (unpaired) electrons. The molecule has 0 bridgehead atoms. The third-order valence-electron chi connectivity index (χ3n) is 5.34. The van der Waals surface area contributed by atoms with Crippen molar-refractivity contribution in [2.45, 2.75) is 38.7 Å². The van der Waals surface area contributed by atoms with Gasteiger partial charge in [0, 0.05) is 30.2 Å². The minimum Gasteiger partial charge on any atom is -0.490 e. The lowest BCUT2D eigenvalue weighted by atomic mass is 9.81. The van der Waals surface area contributed by atoms with Crippen LogP contribution in [0.15, 0.2) is 23.2 Å². The highest BCUT2D eigenvalue weighted by Gasteiger charge is 2.47. The highest BCUT2D eigenvalue weighted by molar-refractivity contribution is 14.0. The molecule has 1 aromatic rings. The van der Waals surface area contributed by atoms with Crippen molar-refractivity contribution in [3.05, 3.63) is 18.2 Å². The van der Waals surface area contributed by atoms with Gasteiger partial charge in [-0.2, -0.15) is 0 Å². The Hall–Kier alpha value is -1.22. The largest absolute Gasteiger partial charge is 0.490 e. The van der Waals surface area contributed by atoms with Crippen molar-refractivity contribution in [2.24, 2.45) is 22.1 Å². The van der Waals surface area contributed by atoms with E-state index >= 15 is 0 Å². The first-order valence-corrected chi connectivity index (χ1v) is 9.22. The zero-order valence-corrected chi connectivity index (χ0v) is 17.5. The molecule has 0 spiro atoms. The number of ether oxygens (including phenoxy) is 3. The first-order chi connectivity index (χ1) is 12.1. The van der Waals surface area contributed by atoms with Gasteiger partial charge in [0.2, 0.25) is 0 Å². The topological polar surface area (TPSA) is 78.1 Å². The number of hydrogen-bond donors (Lipinski definition) is 2. The molecule has 26 heavy (non-hydrogen) atoms. The number of hydrogen-bond acceptors (Lipinski definition) is 4. The highest BCUT2D eigenvalue weighted by Crippen LogP contribution is 2.47. The Morgan fingerprint density at radius 3 is 2.77 bits per heavy atom. The maximum Gasteiger partial charge on any atom is 0.193 e. The molecule has 2 heterocycles. The van der Waals surface area contributed by atoms with Crippen molar-refractivity contribution in [1.29, 1.82) is 0 Å². The Bertz CT molecular complexity index is 665. The van der Waals surface area contributed by atoms with Gasteiger partial charge in [-0.05, 0) is 37.3 Å². The van der Waals surface area contributed by atoms with Crippen molar-refractivity contribution in [3.63, 3.8) is 0 Å². The Balaban J connectivity index is 0.00000196. The molecule has 7 heteroatoms. The van der Waals surface area contributed by atoms with E-state index in [0.29, 0.717) is 31.8 Å². The second-order valence-electron chi connectivity index (χ2n) is 7.57. The second kappa shape index (κ2) is 8.21. The van der Waals surface area contributed by atoms with Crippen LogP contribution in [0.25, 0.3) is 0 Å². The van der Waals surface area contributed by atoms with E-state index in [2.05, 4.69) is 17.2 Å². The molecule has 144 valence electrons. The zero-order chi connectivity index (χ0) is 17.3. The van der Waals surface area contributed by atoms with Crippen molar-refractivity contribution >= 4 is 35.6 Å². The molecule has 2 unspecified atom stereocenters. The van der Waals surface area contributed by atoms with E-state index in [0.717, 1.165) is 42.6 Å². The van der Waals surface area contributed by atoms with Gasteiger partial charge in [0.05, 0.1) is 25.9 Å². The third-order valence-corrected chi connectivity index (χ3v) is 5.34. The van der Waals surface area contributed by atoms with Crippen molar-refractivity contribution in [1.82, 2.24) is 0 Å². The van der Waals surface area contributed by atoms with Gasteiger partial charge in [-0.3, -0.25) is 4.99 Å². The van der Waals surface area contributed by atoms with Crippen molar-refractivity contribution in [2.75, 3.05) is 31.7 Å². The van der Waals surface area contributed by atoms with E-state index in [-0.39, 0.29) is 29.4 Å². The summed E-state index contributed by atoms with van der Waals surface area (Å²) in [5.41, 5.74) is 7.07. The van der Waals surface area contributed by atoms with Gasteiger partial charge in [0.25, 0.3) is 0 Å². The molecular weight excluding hydrogens is 445 g/mol. The summed E-state index contributed by atoms with van der Waals surface area (Å²) >= 11 is 0. The fraction of sp³-hybridized carbons (Fsp3) is 0.632. The fourth-order valence-corrected chi connectivity index (χ4v) is 3.73. The van der Waals surface area contributed by atoms with Gasteiger partial charge in [-0.1, -0.05) is 6.92 Å². The fourth-order valence-electron chi connectivity index (χ4n) is 3.73. The number of nitrogens with zero attached hydrogens (tertiary/aromatic N) is 1. The van der Waals surface area contributed by atoms with Crippen LogP contribution in [-0.2, 0) is 4.74 Å². The quantitative estimate of drug-likeness (QED) is 0.398. The van der Waals surface area contributed by atoms with E-state index in [1.54, 1.807) is 0 Å². The van der Waals surface area contributed by atoms with E-state index < -0.39 is 0 Å². The Labute approximate surface area is 171 Å². The third kappa shape index (κ3) is 4.36. The number of rotatable bonds is 4. The summed E-state index contributed by atoms with van der Waals surface area (Å²) < 4.78 is 17.3. The molecular formula is C19H28IN3O3. The predicted molar refractivity (Wildman–Crippen MR) is 113 cm³/mol. The van der Waals surface area contributed by atoms with Crippen LogP contribution in [0.4, 0.5) is 5.69 Å². The summed E-state index contributed by atoms with van der Waals surface area (Å²) in [4.78, 5) is 4.60. The number of nitrogens with two attached hydrogens (primary N) is 1. The van der Waals surface area contributed by atoms with Gasteiger partial charge >= 0.3 is 0 Å². The monoisotopic (exact) mass is 473 g/mol. The minimum absolute atomic E-state index is 0. The number of anilines is 1. The molecule has 1 aromatic carbocycles. The number of halogens is 1. The molecule has 2 aliphatic heterocycles. The van der Waals surface area contributed by atoms with Crippen LogP contribution >= 0.6 is 24.0 Å². The average molecular weight is 473 g/mol. The first-order valence-electron chi connectivity index (χ1n) is 9.22. The Morgan fingerprint density at radius 1 is 1.23 bits per heavy atom. The van der Waals surface area contributed by atoms with Gasteiger partial charge in [-0.15, -0.1) is 24.0 Å². The number of nitrogens with one attached hydrogen (secondary N) is 1. The molecule has 3 N–H and O–H groups in total. The minimum atomic E-state index is 0. The van der Waals surface area contributed by atoms with Gasteiger partial charge in [0.15, 0.2) is 17.5 Å². The van der Waals surface area contributed by atoms with Gasteiger partial charge in [-0.25, -0.2) is 0 Å². The number of fused-ring (bicyclic) bond motifs is 1. The molecule has 0 aromatic heterocycles. The second-order valence-corrected chi connectivity index (χ2v) is 7.57. The van der Waals surface area contributed by atoms with Crippen molar-refractivity contribution < 1.29 is 14.2 Å². The molecule has 2 fully saturated rings. The smallest absolute Gasteiger partial charge is 0.193 e. The van der Waals surface area contributed by atoms with E-state index in [1.807, 2.05) is 18.2 Å². The normalized spacial score (nSPS) is 28.2. The summed E-state index contributed by atoms with van der Waals surface area (Å²) in [6.07, 6.45) is 4.85. The van der Waals surface area contributed by atoms with E-state index in [1.165, 1.54) is 12.8 Å². The lowest BCUT2D eigenvalue weighted by molar-refractivity contribution is 0.0425.